The highest BCUT2D eigenvalue weighted by atomic mass is 35.5. The van der Waals surface area contributed by atoms with E-state index in [2.05, 4.69) is 37.5 Å². The van der Waals surface area contributed by atoms with Crippen molar-refractivity contribution in [1.29, 1.82) is 0 Å². The average Bonchev–Trinajstić information content (AvgIpc) is 3.38. The van der Waals surface area contributed by atoms with Crippen LogP contribution in [-0.4, -0.2) is 39.3 Å². The van der Waals surface area contributed by atoms with Crippen LogP contribution in [0.1, 0.15) is 43.1 Å². The number of benzene rings is 1. The van der Waals surface area contributed by atoms with Crippen LogP contribution >= 0.6 is 11.6 Å². The Morgan fingerprint density at radius 3 is 2.53 bits per heavy atom. The largest absolute Gasteiger partial charge is 0.332 e. The van der Waals surface area contributed by atoms with E-state index in [4.69, 9.17) is 11.6 Å². The molecule has 0 fully saturated rings. The zero-order valence-electron chi connectivity index (χ0n) is 18.1. The Balaban J connectivity index is 1.48. The Kier molecular flexibility index (Phi) is 6.50. The first-order valence-corrected chi connectivity index (χ1v) is 11.0. The highest BCUT2D eigenvalue weighted by Crippen LogP contribution is 2.11. The number of unbranched alkanes of at least 4 members (excludes halogenated alkanes) is 1. The zero-order chi connectivity index (χ0) is 22.7. The van der Waals surface area contributed by atoms with Gasteiger partial charge in [0.15, 0.2) is 17.0 Å². The minimum atomic E-state index is -0.427. The molecule has 0 unspecified atom stereocenters. The maximum Gasteiger partial charge on any atom is 0.332 e. The standard InChI is InChI=1S/C21H25ClN8O2/c1-3-4-10-28-18-17(23-20(22)24-18)19(31)29(21(28)32)11-5-12-30-26-16(25-27-30)13-15-8-6-14(2)7-9-15/h6-9H,3-5,10-13H2,1-2H3,(H,23,24). The molecule has 3 heterocycles. The fourth-order valence-electron chi connectivity index (χ4n) is 3.55. The number of imidazole rings is 1. The Hall–Kier alpha value is -3.27. The number of aromatic amines is 1. The van der Waals surface area contributed by atoms with Gasteiger partial charge < -0.3 is 4.98 Å². The molecule has 1 aromatic carbocycles. The van der Waals surface area contributed by atoms with E-state index in [9.17, 15) is 9.59 Å². The minimum absolute atomic E-state index is 0.0902. The number of halogens is 1. The molecule has 0 bridgehead atoms. The van der Waals surface area contributed by atoms with Gasteiger partial charge in [-0.25, -0.2) is 4.79 Å². The number of aromatic nitrogens is 8. The number of aryl methyl sites for hydroxylation is 3. The van der Waals surface area contributed by atoms with Crippen molar-refractivity contribution in [2.75, 3.05) is 0 Å². The van der Waals surface area contributed by atoms with Gasteiger partial charge in [0.25, 0.3) is 5.56 Å². The van der Waals surface area contributed by atoms with Crippen molar-refractivity contribution in [2.24, 2.45) is 0 Å². The molecule has 0 aliphatic carbocycles. The van der Waals surface area contributed by atoms with Gasteiger partial charge in [0, 0.05) is 19.5 Å². The van der Waals surface area contributed by atoms with E-state index in [0.29, 0.717) is 37.4 Å². The second kappa shape index (κ2) is 9.47. The van der Waals surface area contributed by atoms with E-state index in [1.165, 1.54) is 19.5 Å². The molecular formula is C21H25ClN8O2. The third kappa shape index (κ3) is 4.64. The molecule has 0 saturated heterocycles. The Morgan fingerprint density at radius 1 is 1.03 bits per heavy atom. The van der Waals surface area contributed by atoms with Crippen LogP contribution < -0.4 is 11.2 Å². The summed E-state index contributed by atoms with van der Waals surface area (Å²) in [6, 6.07) is 8.19. The maximum absolute atomic E-state index is 13.0. The summed E-state index contributed by atoms with van der Waals surface area (Å²) >= 11 is 5.96. The summed E-state index contributed by atoms with van der Waals surface area (Å²) < 4.78 is 2.73. The van der Waals surface area contributed by atoms with Gasteiger partial charge in [0.05, 0.1) is 6.54 Å². The average molecular weight is 457 g/mol. The van der Waals surface area contributed by atoms with Crippen LogP contribution in [0.3, 0.4) is 0 Å². The van der Waals surface area contributed by atoms with Crippen LogP contribution in [0.2, 0.25) is 5.28 Å². The molecule has 4 aromatic rings. The van der Waals surface area contributed by atoms with Gasteiger partial charge in [-0.1, -0.05) is 43.2 Å². The summed E-state index contributed by atoms with van der Waals surface area (Å²) in [5.41, 5.74) is 2.04. The molecule has 4 rings (SSSR count). The minimum Gasteiger partial charge on any atom is -0.323 e. The second-order valence-corrected chi connectivity index (χ2v) is 8.15. The van der Waals surface area contributed by atoms with E-state index >= 15 is 0 Å². The molecular weight excluding hydrogens is 432 g/mol. The first kappa shape index (κ1) is 21.9. The highest BCUT2D eigenvalue weighted by Gasteiger charge is 2.16. The lowest BCUT2D eigenvalue weighted by molar-refractivity contribution is 0.451. The lowest BCUT2D eigenvalue weighted by Gasteiger charge is -2.10. The van der Waals surface area contributed by atoms with Crippen LogP contribution in [-0.2, 0) is 26.1 Å². The molecule has 0 radical (unpaired) electrons. The molecule has 1 N–H and O–H groups in total. The number of H-pyrrole nitrogens is 1. The van der Waals surface area contributed by atoms with Crippen LogP contribution in [0.25, 0.3) is 11.2 Å². The van der Waals surface area contributed by atoms with Gasteiger partial charge in [-0.2, -0.15) is 9.78 Å². The third-order valence-corrected chi connectivity index (χ3v) is 5.46. The number of nitrogens with one attached hydrogen (secondary N) is 1. The second-order valence-electron chi connectivity index (χ2n) is 7.79. The summed E-state index contributed by atoms with van der Waals surface area (Å²) in [6.45, 7) is 5.21. The van der Waals surface area contributed by atoms with Gasteiger partial charge in [0.1, 0.15) is 0 Å². The van der Waals surface area contributed by atoms with E-state index in [-0.39, 0.29) is 23.0 Å². The fourth-order valence-corrected chi connectivity index (χ4v) is 3.73. The zero-order valence-corrected chi connectivity index (χ0v) is 18.8. The van der Waals surface area contributed by atoms with Crippen molar-refractivity contribution < 1.29 is 0 Å². The van der Waals surface area contributed by atoms with Crippen LogP contribution in [0.15, 0.2) is 33.9 Å². The smallest absolute Gasteiger partial charge is 0.323 e. The number of hydrogen-bond donors (Lipinski definition) is 1. The molecule has 0 aliphatic rings. The number of tetrazole rings is 1. The summed E-state index contributed by atoms with van der Waals surface area (Å²) in [5, 5.41) is 12.7. The Labute approximate surface area is 188 Å². The fraction of sp³-hybridized carbons (Fsp3) is 0.429. The summed E-state index contributed by atoms with van der Waals surface area (Å²) in [4.78, 5) is 34.2. The lowest BCUT2D eigenvalue weighted by atomic mass is 10.1. The van der Waals surface area contributed by atoms with E-state index in [0.717, 1.165) is 18.4 Å². The Bertz CT molecular complexity index is 1330. The molecule has 0 amide bonds. The van der Waals surface area contributed by atoms with E-state index < -0.39 is 5.56 Å². The monoisotopic (exact) mass is 456 g/mol. The third-order valence-electron chi connectivity index (χ3n) is 5.28. The number of fused-ring (bicyclic) bond motifs is 1. The van der Waals surface area contributed by atoms with E-state index in [1.54, 1.807) is 0 Å². The maximum atomic E-state index is 13.0. The predicted molar refractivity (Wildman–Crippen MR) is 121 cm³/mol. The van der Waals surface area contributed by atoms with Crippen LogP contribution in [0.4, 0.5) is 0 Å². The first-order chi connectivity index (χ1) is 15.5. The SMILES string of the molecule is CCCCn1c(=O)n(CCCn2nnc(Cc3ccc(C)cc3)n2)c(=O)c2[nH]c(Cl)nc21. The predicted octanol–water partition coefficient (Wildman–Crippen LogP) is 2.32. The van der Waals surface area contributed by atoms with Crippen molar-refractivity contribution >= 4 is 22.8 Å². The number of rotatable bonds is 9. The van der Waals surface area contributed by atoms with Crippen molar-refractivity contribution in [1.82, 2.24) is 39.3 Å². The lowest BCUT2D eigenvalue weighted by Crippen LogP contribution is -2.40. The normalized spacial score (nSPS) is 11.5. The molecule has 3 aromatic heterocycles. The van der Waals surface area contributed by atoms with E-state index in [1.807, 2.05) is 26.0 Å². The van der Waals surface area contributed by atoms with Gasteiger partial charge in [-0.15, -0.1) is 10.2 Å². The van der Waals surface area contributed by atoms with Crippen molar-refractivity contribution in [2.45, 2.75) is 59.2 Å². The topological polar surface area (TPSA) is 116 Å². The molecule has 0 saturated carbocycles. The highest BCUT2D eigenvalue weighted by molar-refractivity contribution is 6.28. The molecule has 0 aliphatic heterocycles. The van der Waals surface area contributed by atoms with Gasteiger partial charge >= 0.3 is 5.69 Å². The van der Waals surface area contributed by atoms with Crippen molar-refractivity contribution in [3.63, 3.8) is 0 Å². The van der Waals surface area contributed by atoms with Crippen LogP contribution in [0.5, 0.6) is 0 Å². The van der Waals surface area contributed by atoms with Gasteiger partial charge in [-0.3, -0.25) is 13.9 Å². The van der Waals surface area contributed by atoms with Gasteiger partial charge in [0.2, 0.25) is 5.28 Å². The summed E-state index contributed by atoms with van der Waals surface area (Å²) in [5.74, 6) is 0.626. The summed E-state index contributed by atoms with van der Waals surface area (Å²) in [6.07, 6.45) is 2.80. The van der Waals surface area contributed by atoms with Crippen molar-refractivity contribution in [3.8, 4) is 0 Å². The molecule has 32 heavy (non-hydrogen) atoms. The van der Waals surface area contributed by atoms with Crippen molar-refractivity contribution in [3.05, 3.63) is 67.3 Å². The first-order valence-electron chi connectivity index (χ1n) is 10.7. The Morgan fingerprint density at radius 2 is 1.78 bits per heavy atom. The molecule has 168 valence electrons. The molecule has 10 nitrogen and oxygen atoms in total. The quantitative estimate of drug-likeness (QED) is 0.386. The molecule has 11 heteroatoms. The molecule has 0 spiro atoms. The molecule has 0 atom stereocenters. The van der Waals surface area contributed by atoms with Gasteiger partial charge in [-0.05, 0) is 42.1 Å². The number of hydrogen-bond acceptors (Lipinski definition) is 6. The number of nitrogens with zero attached hydrogens (tertiary/aromatic N) is 7. The summed E-state index contributed by atoms with van der Waals surface area (Å²) in [7, 11) is 0. The van der Waals surface area contributed by atoms with Crippen LogP contribution in [0, 0.1) is 6.92 Å².